The van der Waals surface area contributed by atoms with Gasteiger partial charge >= 0.3 is 0 Å². The fourth-order valence-corrected chi connectivity index (χ4v) is 1.19. The number of rotatable bonds is 2. The fraction of sp³-hybridized carbons (Fsp3) is 0.500. The van der Waals surface area contributed by atoms with E-state index in [4.69, 9.17) is 11.5 Å². The molecule has 12 heavy (non-hydrogen) atoms. The molecular weight excluding hydrogens is 152 g/mol. The third-order valence-corrected chi connectivity index (χ3v) is 1.81. The van der Waals surface area contributed by atoms with Crippen LogP contribution in [0.5, 0.6) is 0 Å². The van der Waals surface area contributed by atoms with Gasteiger partial charge in [-0.15, -0.1) is 5.10 Å². The molecular formula is C8H15N4+. The van der Waals surface area contributed by atoms with Crippen LogP contribution in [0.2, 0.25) is 0 Å². The highest BCUT2D eigenvalue weighted by molar-refractivity contribution is 5.74. The minimum atomic E-state index is 0.0672. The van der Waals surface area contributed by atoms with Crippen LogP contribution < -0.4 is 16.6 Å². The van der Waals surface area contributed by atoms with Crippen molar-refractivity contribution in [3.63, 3.8) is 0 Å². The van der Waals surface area contributed by atoms with Gasteiger partial charge in [-0.1, -0.05) is 12.2 Å². The van der Waals surface area contributed by atoms with E-state index < -0.39 is 0 Å². The van der Waals surface area contributed by atoms with E-state index in [0.29, 0.717) is 5.92 Å². The molecule has 1 rings (SSSR count). The smallest absolute Gasteiger partial charge is 0.256 e. The lowest BCUT2D eigenvalue weighted by Crippen LogP contribution is -2.64. The molecule has 0 aromatic carbocycles. The van der Waals surface area contributed by atoms with Crippen LogP contribution in [0, 0.1) is 5.92 Å². The molecule has 0 radical (unpaired) electrons. The number of hydrazone groups is 1. The zero-order chi connectivity index (χ0) is 8.81. The van der Waals surface area contributed by atoms with Gasteiger partial charge in [0.1, 0.15) is 0 Å². The number of guanidine groups is 1. The minimum absolute atomic E-state index is 0.0672. The lowest BCUT2D eigenvalue weighted by molar-refractivity contribution is -0.459. The lowest BCUT2D eigenvalue weighted by atomic mass is 9.96. The molecule has 0 saturated heterocycles. The second-order valence-electron chi connectivity index (χ2n) is 2.88. The highest BCUT2D eigenvalue weighted by Gasteiger charge is 2.08. The van der Waals surface area contributed by atoms with Crippen molar-refractivity contribution in [1.82, 2.24) is 0 Å². The zero-order valence-corrected chi connectivity index (χ0v) is 7.03. The van der Waals surface area contributed by atoms with Crippen LogP contribution in [0.4, 0.5) is 0 Å². The van der Waals surface area contributed by atoms with Crippen molar-refractivity contribution >= 4 is 12.2 Å². The largest absolute Gasteiger partial charge is 0.365 e. The summed E-state index contributed by atoms with van der Waals surface area (Å²) in [5.41, 5.74) is 10.3. The molecule has 0 saturated carbocycles. The fourth-order valence-electron chi connectivity index (χ4n) is 1.19. The second kappa shape index (κ2) is 4.54. The molecule has 0 aliphatic heterocycles. The Hall–Kier alpha value is -1.32. The van der Waals surface area contributed by atoms with Crippen LogP contribution in [0.1, 0.15) is 19.3 Å². The van der Waals surface area contributed by atoms with E-state index >= 15 is 0 Å². The van der Waals surface area contributed by atoms with Gasteiger partial charge in [0.05, 0.1) is 0 Å². The van der Waals surface area contributed by atoms with E-state index in [1.54, 1.807) is 0 Å². The van der Waals surface area contributed by atoms with Crippen molar-refractivity contribution in [2.24, 2.45) is 22.5 Å². The maximum absolute atomic E-state index is 5.14. The molecule has 0 unspecified atom stereocenters. The van der Waals surface area contributed by atoms with Crippen LogP contribution in [0.15, 0.2) is 17.3 Å². The topological polar surface area (TPSA) is 78.4 Å². The monoisotopic (exact) mass is 167 g/mol. The van der Waals surface area contributed by atoms with Crippen molar-refractivity contribution in [3.05, 3.63) is 12.2 Å². The highest BCUT2D eigenvalue weighted by Crippen LogP contribution is 2.14. The number of allylic oxidation sites excluding steroid dienone is 2. The van der Waals surface area contributed by atoms with E-state index in [1.165, 1.54) is 6.42 Å². The molecule has 0 aromatic rings. The van der Waals surface area contributed by atoms with E-state index in [-0.39, 0.29) is 5.96 Å². The SMILES string of the molecule is NC(N)=N[NH+]=C[C@@H]1CC=CCC1. The predicted molar refractivity (Wildman–Crippen MR) is 49.3 cm³/mol. The Morgan fingerprint density at radius 1 is 1.50 bits per heavy atom. The molecule has 4 heteroatoms. The summed E-state index contributed by atoms with van der Waals surface area (Å²) in [5, 5.41) is 6.39. The van der Waals surface area contributed by atoms with E-state index in [2.05, 4.69) is 22.4 Å². The first-order valence-corrected chi connectivity index (χ1v) is 4.11. The third kappa shape index (κ3) is 3.18. The Balaban J connectivity index is 2.35. The number of nitrogens with two attached hydrogens (primary N) is 2. The lowest BCUT2D eigenvalue weighted by Gasteiger charge is -2.07. The normalized spacial score (nSPS) is 22.8. The van der Waals surface area contributed by atoms with Crippen LogP contribution in [0.25, 0.3) is 0 Å². The van der Waals surface area contributed by atoms with Crippen LogP contribution >= 0.6 is 0 Å². The molecule has 0 bridgehead atoms. The molecule has 0 heterocycles. The van der Waals surface area contributed by atoms with E-state index in [1.807, 2.05) is 6.21 Å². The van der Waals surface area contributed by atoms with Gasteiger partial charge in [-0.05, 0) is 19.3 Å². The predicted octanol–water partition coefficient (Wildman–Crippen LogP) is -1.32. The molecule has 0 aromatic heterocycles. The van der Waals surface area contributed by atoms with Crippen molar-refractivity contribution in [2.75, 3.05) is 0 Å². The summed E-state index contributed by atoms with van der Waals surface area (Å²) >= 11 is 0. The number of hydrogen-bond donors (Lipinski definition) is 3. The summed E-state index contributed by atoms with van der Waals surface area (Å²) in [6.07, 6.45) is 9.71. The summed E-state index contributed by atoms with van der Waals surface area (Å²) in [6, 6.07) is 0. The first-order valence-electron chi connectivity index (χ1n) is 4.11. The number of nitrogens with one attached hydrogen (secondary N) is 1. The van der Waals surface area contributed by atoms with E-state index in [0.717, 1.165) is 12.8 Å². The molecule has 1 atom stereocenters. The summed E-state index contributed by atoms with van der Waals surface area (Å²) < 4.78 is 0. The third-order valence-electron chi connectivity index (χ3n) is 1.81. The van der Waals surface area contributed by atoms with Crippen molar-refractivity contribution in [3.8, 4) is 0 Å². The Morgan fingerprint density at radius 3 is 2.92 bits per heavy atom. The standard InChI is InChI=1S/C8H14N4/c9-8(10)12-11-6-7-4-2-1-3-5-7/h1-2,6-7H,3-5H2,(H4,9,10,12)/p+1/t7-/m1/s1. The van der Waals surface area contributed by atoms with Gasteiger partial charge in [-0.25, -0.2) is 0 Å². The second-order valence-corrected chi connectivity index (χ2v) is 2.88. The van der Waals surface area contributed by atoms with Gasteiger partial charge in [0, 0.05) is 11.0 Å². The maximum Gasteiger partial charge on any atom is 0.256 e. The molecule has 0 amide bonds. The zero-order valence-electron chi connectivity index (χ0n) is 7.03. The van der Waals surface area contributed by atoms with Gasteiger partial charge in [0.25, 0.3) is 5.96 Å². The molecule has 0 spiro atoms. The summed E-state index contributed by atoms with van der Waals surface area (Å²) in [5.74, 6) is 0.621. The highest BCUT2D eigenvalue weighted by atomic mass is 15.3. The van der Waals surface area contributed by atoms with Crippen molar-refractivity contribution < 1.29 is 5.10 Å². The Kier molecular flexibility index (Phi) is 3.32. The Morgan fingerprint density at radius 2 is 2.33 bits per heavy atom. The van der Waals surface area contributed by atoms with Crippen LogP contribution in [-0.4, -0.2) is 12.2 Å². The molecule has 4 nitrogen and oxygen atoms in total. The summed E-state index contributed by atoms with van der Waals surface area (Å²) in [6.45, 7) is 0. The summed E-state index contributed by atoms with van der Waals surface area (Å²) in [4.78, 5) is 0. The maximum atomic E-state index is 5.14. The molecule has 0 fully saturated rings. The first-order chi connectivity index (χ1) is 5.79. The Labute approximate surface area is 72.0 Å². The van der Waals surface area contributed by atoms with Gasteiger partial charge in [0.15, 0.2) is 6.21 Å². The quantitative estimate of drug-likeness (QED) is 0.206. The molecule has 5 N–H and O–H groups in total. The van der Waals surface area contributed by atoms with Crippen molar-refractivity contribution in [2.45, 2.75) is 19.3 Å². The molecule has 1 aliphatic carbocycles. The van der Waals surface area contributed by atoms with Crippen molar-refractivity contribution in [1.29, 1.82) is 0 Å². The minimum Gasteiger partial charge on any atom is -0.365 e. The number of hydrogen-bond acceptors (Lipinski definition) is 1. The van der Waals surface area contributed by atoms with Gasteiger partial charge < -0.3 is 11.5 Å². The first kappa shape index (κ1) is 8.77. The molecule has 1 aliphatic rings. The van der Waals surface area contributed by atoms with Gasteiger partial charge in [0.2, 0.25) is 0 Å². The number of nitrogens with zero attached hydrogens (tertiary/aromatic N) is 1. The van der Waals surface area contributed by atoms with E-state index in [9.17, 15) is 0 Å². The van der Waals surface area contributed by atoms with Gasteiger partial charge in [-0.3, -0.25) is 0 Å². The average Bonchev–Trinajstić information content (AvgIpc) is 2.05. The van der Waals surface area contributed by atoms with Crippen LogP contribution in [-0.2, 0) is 0 Å². The Bertz CT molecular complexity index is 213. The molecule has 66 valence electrons. The average molecular weight is 167 g/mol. The summed E-state index contributed by atoms with van der Waals surface area (Å²) in [7, 11) is 0. The van der Waals surface area contributed by atoms with Gasteiger partial charge in [-0.2, -0.15) is 0 Å². The van der Waals surface area contributed by atoms with Crippen LogP contribution in [0.3, 0.4) is 0 Å².